The van der Waals surface area contributed by atoms with Gasteiger partial charge in [-0.25, -0.2) is 0 Å². The third kappa shape index (κ3) is 3.18. The molecule has 0 aliphatic carbocycles. The minimum Gasteiger partial charge on any atom is -0.313 e. The van der Waals surface area contributed by atoms with Gasteiger partial charge in [-0.2, -0.15) is 16.4 Å². The first-order valence-electron chi connectivity index (χ1n) is 5.61. The Morgan fingerprint density at radius 3 is 3.12 bits per heavy atom. The predicted molar refractivity (Wildman–Crippen MR) is 67.6 cm³/mol. The molecule has 0 aliphatic rings. The molecule has 0 atom stereocenters. The van der Waals surface area contributed by atoms with Crippen molar-refractivity contribution in [3.8, 4) is 0 Å². The van der Waals surface area contributed by atoms with Crippen LogP contribution in [-0.2, 0) is 13.1 Å². The molecule has 86 valence electrons. The monoisotopic (exact) mass is 235 g/mol. The van der Waals surface area contributed by atoms with Gasteiger partial charge < -0.3 is 5.32 Å². The van der Waals surface area contributed by atoms with Gasteiger partial charge in [0.1, 0.15) is 0 Å². The second-order valence-corrected chi connectivity index (χ2v) is 4.63. The largest absolute Gasteiger partial charge is 0.313 e. The lowest BCUT2D eigenvalue weighted by Gasteiger charge is -1.99. The summed E-state index contributed by atoms with van der Waals surface area (Å²) in [6.45, 7) is 5.03. The van der Waals surface area contributed by atoms with Crippen molar-refractivity contribution in [1.29, 1.82) is 0 Å². The maximum Gasteiger partial charge on any atom is 0.0667 e. The Labute approximate surface area is 100 Å². The van der Waals surface area contributed by atoms with Crippen molar-refractivity contribution in [3.63, 3.8) is 0 Å². The summed E-state index contributed by atoms with van der Waals surface area (Å²) in [4.78, 5) is 0. The summed E-state index contributed by atoms with van der Waals surface area (Å²) in [7, 11) is 0. The average molecular weight is 235 g/mol. The standard InChI is InChI=1S/C12H17N3S/c1-2-4-13-6-12-7-14-15(9-12)8-11-3-5-16-10-11/h3,5,7,9-10,13H,2,4,6,8H2,1H3. The van der Waals surface area contributed by atoms with E-state index >= 15 is 0 Å². The van der Waals surface area contributed by atoms with Crippen molar-refractivity contribution in [2.24, 2.45) is 0 Å². The van der Waals surface area contributed by atoms with Crippen molar-refractivity contribution in [2.45, 2.75) is 26.4 Å². The van der Waals surface area contributed by atoms with E-state index < -0.39 is 0 Å². The molecule has 0 spiro atoms. The Morgan fingerprint density at radius 2 is 2.38 bits per heavy atom. The summed E-state index contributed by atoms with van der Waals surface area (Å²) in [6, 6.07) is 2.14. The smallest absolute Gasteiger partial charge is 0.0667 e. The predicted octanol–water partition coefficient (Wildman–Crippen LogP) is 2.49. The number of nitrogens with zero attached hydrogens (tertiary/aromatic N) is 2. The van der Waals surface area contributed by atoms with Crippen LogP contribution in [0.1, 0.15) is 24.5 Å². The molecule has 2 aromatic rings. The van der Waals surface area contributed by atoms with Crippen molar-refractivity contribution in [3.05, 3.63) is 40.3 Å². The van der Waals surface area contributed by atoms with Crippen molar-refractivity contribution < 1.29 is 0 Å². The molecule has 16 heavy (non-hydrogen) atoms. The highest BCUT2D eigenvalue weighted by Crippen LogP contribution is 2.08. The number of aromatic nitrogens is 2. The third-order valence-corrected chi connectivity index (χ3v) is 3.10. The highest BCUT2D eigenvalue weighted by Gasteiger charge is 1.99. The van der Waals surface area contributed by atoms with Crippen LogP contribution in [0.5, 0.6) is 0 Å². The van der Waals surface area contributed by atoms with Crippen molar-refractivity contribution in [2.75, 3.05) is 6.54 Å². The van der Waals surface area contributed by atoms with Gasteiger partial charge in [0.2, 0.25) is 0 Å². The zero-order chi connectivity index (χ0) is 11.2. The number of hydrogen-bond acceptors (Lipinski definition) is 3. The van der Waals surface area contributed by atoms with Crippen LogP contribution in [-0.4, -0.2) is 16.3 Å². The molecule has 0 radical (unpaired) electrons. The summed E-state index contributed by atoms with van der Waals surface area (Å²) >= 11 is 1.73. The molecule has 3 nitrogen and oxygen atoms in total. The van der Waals surface area contributed by atoms with E-state index in [9.17, 15) is 0 Å². The summed E-state index contributed by atoms with van der Waals surface area (Å²) < 4.78 is 1.99. The Hall–Kier alpha value is -1.13. The van der Waals surface area contributed by atoms with E-state index in [-0.39, 0.29) is 0 Å². The van der Waals surface area contributed by atoms with Crippen LogP contribution >= 0.6 is 11.3 Å². The summed E-state index contributed by atoms with van der Waals surface area (Å²) in [6.07, 6.45) is 5.22. The number of thiophene rings is 1. The summed E-state index contributed by atoms with van der Waals surface area (Å²) in [5.74, 6) is 0. The van der Waals surface area contributed by atoms with Gasteiger partial charge in [0.05, 0.1) is 12.7 Å². The van der Waals surface area contributed by atoms with Crippen LogP contribution in [0.3, 0.4) is 0 Å². The molecule has 0 saturated carbocycles. The normalized spacial score (nSPS) is 10.8. The van der Waals surface area contributed by atoms with E-state index in [0.717, 1.165) is 19.6 Å². The van der Waals surface area contributed by atoms with Crippen LogP contribution in [0.2, 0.25) is 0 Å². The fourth-order valence-electron chi connectivity index (χ4n) is 1.56. The zero-order valence-electron chi connectivity index (χ0n) is 9.52. The third-order valence-electron chi connectivity index (χ3n) is 2.37. The first kappa shape index (κ1) is 11.4. The minimum absolute atomic E-state index is 0.872. The Kier molecular flexibility index (Phi) is 4.13. The molecular formula is C12H17N3S. The fraction of sp³-hybridized carbons (Fsp3) is 0.417. The maximum atomic E-state index is 4.35. The number of nitrogens with one attached hydrogen (secondary N) is 1. The first-order valence-corrected chi connectivity index (χ1v) is 6.56. The summed E-state index contributed by atoms with van der Waals surface area (Å²) in [5.41, 5.74) is 2.57. The molecule has 4 heteroatoms. The van der Waals surface area contributed by atoms with Gasteiger partial charge in [-0.1, -0.05) is 6.92 Å². The second-order valence-electron chi connectivity index (χ2n) is 3.85. The van der Waals surface area contributed by atoms with Crippen LogP contribution in [0.25, 0.3) is 0 Å². The number of hydrogen-bond donors (Lipinski definition) is 1. The van der Waals surface area contributed by atoms with Gasteiger partial charge in [-0.15, -0.1) is 0 Å². The van der Waals surface area contributed by atoms with Crippen LogP contribution < -0.4 is 5.32 Å². The lowest BCUT2D eigenvalue weighted by atomic mass is 10.3. The Bertz CT molecular complexity index is 406. The molecular weight excluding hydrogens is 218 g/mol. The van der Waals surface area contributed by atoms with Gasteiger partial charge >= 0.3 is 0 Å². The molecule has 0 saturated heterocycles. The highest BCUT2D eigenvalue weighted by molar-refractivity contribution is 7.07. The molecule has 1 N–H and O–H groups in total. The topological polar surface area (TPSA) is 29.9 Å². The Balaban J connectivity index is 1.87. The lowest BCUT2D eigenvalue weighted by Crippen LogP contribution is -2.13. The van der Waals surface area contributed by atoms with Gasteiger partial charge in [0.25, 0.3) is 0 Å². The van der Waals surface area contributed by atoms with E-state index in [1.165, 1.54) is 17.5 Å². The molecule has 0 bridgehead atoms. The van der Waals surface area contributed by atoms with Gasteiger partial charge in [0.15, 0.2) is 0 Å². The van der Waals surface area contributed by atoms with Crippen LogP contribution in [0.15, 0.2) is 29.2 Å². The molecule has 0 aliphatic heterocycles. The van der Waals surface area contributed by atoms with Crippen LogP contribution in [0, 0.1) is 0 Å². The Morgan fingerprint density at radius 1 is 1.44 bits per heavy atom. The second kappa shape index (κ2) is 5.82. The van der Waals surface area contributed by atoms with Crippen molar-refractivity contribution >= 4 is 11.3 Å². The van der Waals surface area contributed by atoms with E-state index in [2.05, 4.69) is 40.4 Å². The first-order chi connectivity index (χ1) is 7.88. The summed E-state index contributed by atoms with van der Waals surface area (Å²) in [5, 5.41) is 12.0. The van der Waals surface area contributed by atoms with E-state index in [1.54, 1.807) is 11.3 Å². The molecule has 0 aromatic carbocycles. The molecule has 2 rings (SSSR count). The molecule has 0 fully saturated rings. The SMILES string of the molecule is CCCNCc1cnn(Cc2ccsc2)c1. The quantitative estimate of drug-likeness (QED) is 0.780. The van der Waals surface area contributed by atoms with Crippen LogP contribution in [0.4, 0.5) is 0 Å². The molecule has 0 unspecified atom stereocenters. The van der Waals surface area contributed by atoms with E-state index in [0.29, 0.717) is 0 Å². The van der Waals surface area contributed by atoms with E-state index in [4.69, 9.17) is 0 Å². The van der Waals surface area contributed by atoms with Gasteiger partial charge in [-0.3, -0.25) is 4.68 Å². The van der Waals surface area contributed by atoms with Gasteiger partial charge in [-0.05, 0) is 35.4 Å². The lowest BCUT2D eigenvalue weighted by molar-refractivity contribution is 0.669. The molecule has 2 aromatic heterocycles. The molecule has 2 heterocycles. The number of rotatable bonds is 6. The minimum atomic E-state index is 0.872. The zero-order valence-corrected chi connectivity index (χ0v) is 10.3. The fourth-order valence-corrected chi connectivity index (χ4v) is 2.22. The van der Waals surface area contributed by atoms with E-state index in [1.807, 2.05) is 10.9 Å². The van der Waals surface area contributed by atoms with Gasteiger partial charge in [0, 0.05) is 18.3 Å². The highest BCUT2D eigenvalue weighted by atomic mass is 32.1. The van der Waals surface area contributed by atoms with Crippen molar-refractivity contribution in [1.82, 2.24) is 15.1 Å². The molecule has 0 amide bonds. The average Bonchev–Trinajstić information content (AvgIpc) is 2.91. The maximum absolute atomic E-state index is 4.35.